The Morgan fingerprint density at radius 2 is 2.13 bits per heavy atom. The lowest BCUT2D eigenvalue weighted by Crippen LogP contribution is -1.99. The summed E-state index contributed by atoms with van der Waals surface area (Å²) in [5, 5.41) is 9.44. The Labute approximate surface area is 93.8 Å². The first kappa shape index (κ1) is 11.9. The van der Waals surface area contributed by atoms with Crippen LogP contribution in [0.1, 0.15) is 31.7 Å². The van der Waals surface area contributed by atoms with Crippen molar-refractivity contribution >= 4 is 16.2 Å². The van der Waals surface area contributed by atoms with Gasteiger partial charge in [-0.3, -0.25) is 0 Å². The number of rotatable bonds is 5. The fourth-order valence-electron chi connectivity index (χ4n) is 1.64. The van der Waals surface area contributed by atoms with Crippen LogP contribution in [0.5, 0.6) is 11.5 Å². The Hall–Kier alpha value is -1.16. The number of unbranched alkanes of at least 4 members (excludes halogenated alkanes) is 2. The Kier molecular flexibility index (Phi) is 4.49. The van der Waals surface area contributed by atoms with E-state index in [1.807, 2.05) is 6.07 Å². The predicted octanol–water partition coefficient (Wildman–Crippen LogP) is 1.37. The highest BCUT2D eigenvalue weighted by molar-refractivity contribution is 6.01. The summed E-state index contributed by atoms with van der Waals surface area (Å²) < 4.78 is 5.34. The molecule has 0 fully saturated rings. The Morgan fingerprint density at radius 1 is 1.40 bits per heavy atom. The molecule has 3 N–H and O–H groups in total. The number of phenols is 1. The molecule has 0 aliphatic heterocycles. The van der Waals surface area contributed by atoms with E-state index in [-0.39, 0.29) is 5.75 Å². The molecule has 3 nitrogen and oxygen atoms in total. The third kappa shape index (κ3) is 2.89. The Bertz CT molecular complexity index is 329. The average molecular weight is 225 g/mol. The molecule has 1 aromatic rings. The van der Waals surface area contributed by atoms with Crippen LogP contribution in [0, 0.1) is 0 Å². The smallest absolute Gasteiger partial charge is 0.204 e. The lowest BCUT2D eigenvalue weighted by molar-refractivity contribution is 0.474. The molecule has 1 aromatic carbocycles. The summed E-state index contributed by atoms with van der Waals surface area (Å²) in [6.45, 7) is 2.18. The van der Waals surface area contributed by atoms with Crippen LogP contribution in [-0.2, 0) is 6.42 Å². The zero-order chi connectivity index (χ0) is 11.3. The molecule has 0 unspecified atom stereocenters. The van der Waals surface area contributed by atoms with Crippen LogP contribution >= 0.6 is 0 Å². The van der Waals surface area contributed by atoms with Gasteiger partial charge in [-0.1, -0.05) is 25.8 Å². The average Bonchev–Trinajstić information content (AvgIpc) is 2.24. The largest absolute Gasteiger partial charge is 0.552 e. The fraction of sp³-hybridized carbons (Fsp3) is 0.455. The van der Waals surface area contributed by atoms with Gasteiger partial charge >= 0.3 is 0 Å². The van der Waals surface area contributed by atoms with E-state index in [9.17, 15) is 5.11 Å². The van der Waals surface area contributed by atoms with Crippen molar-refractivity contribution in [2.75, 3.05) is 5.73 Å². The van der Waals surface area contributed by atoms with Crippen LogP contribution in [0.15, 0.2) is 12.1 Å². The molecule has 0 bridgehead atoms. The van der Waals surface area contributed by atoms with Crippen LogP contribution in [-0.4, -0.2) is 15.6 Å². The minimum absolute atomic E-state index is 0.111. The minimum Gasteiger partial charge on any atom is -0.552 e. The highest BCUT2D eigenvalue weighted by atomic mass is 28.2. The summed E-state index contributed by atoms with van der Waals surface area (Å²) in [5.74, 6) is 0.790. The Morgan fingerprint density at radius 3 is 2.73 bits per heavy atom. The van der Waals surface area contributed by atoms with Gasteiger partial charge in [0.15, 0.2) is 0 Å². The first-order chi connectivity index (χ1) is 7.20. The third-order valence-electron chi connectivity index (χ3n) is 2.51. The first-order valence-electron chi connectivity index (χ1n) is 5.35. The van der Waals surface area contributed by atoms with Crippen molar-refractivity contribution in [2.45, 2.75) is 32.6 Å². The van der Waals surface area contributed by atoms with Crippen LogP contribution in [0.25, 0.3) is 0 Å². The number of hydrogen-bond donors (Lipinski definition) is 2. The molecule has 0 amide bonds. The van der Waals surface area contributed by atoms with Crippen molar-refractivity contribution in [3.8, 4) is 11.5 Å². The second kappa shape index (κ2) is 5.65. The standard InChI is InChI=1S/C11H19NO2Si/c1-2-3-4-5-8-6-7-9(13)10(12)11(8)14-15/h6-7,13H,2-5,12H2,1,15H3. The summed E-state index contributed by atoms with van der Waals surface area (Å²) in [7, 11) is 0.590. The number of nitrogens with two attached hydrogens (primary N) is 1. The molecular weight excluding hydrogens is 206 g/mol. The van der Waals surface area contributed by atoms with Gasteiger partial charge in [0.25, 0.3) is 0 Å². The van der Waals surface area contributed by atoms with E-state index in [1.165, 1.54) is 12.8 Å². The van der Waals surface area contributed by atoms with Gasteiger partial charge in [0, 0.05) is 0 Å². The quantitative estimate of drug-likeness (QED) is 0.344. The maximum Gasteiger partial charge on any atom is 0.204 e. The number of anilines is 1. The van der Waals surface area contributed by atoms with E-state index in [1.54, 1.807) is 6.07 Å². The molecule has 1 rings (SSSR count). The van der Waals surface area contributed by atoms with Crippen LogP contribution in [0.3, 0.4) is 0 Å². The van der Waals surface area contributed by atoms with Gasteiger partial charge in [-0.15, -0.1) is 0 Å². The number of hydrogen-bond acceptors (Lipinski definition) is 3. The van der Waals surface area contributed by atoms with Gasteiger partial charge in [0.1, 0.15) is 17.2 Å². The van der Waals surface area contributed by atoms with Gasteiger partial charge in [-0.25, -0.2) is 0 Å². The number of aromatic hydroxyl groups is 1. The summed E-state index contributed by atoms with van der Waals surface area (Å²) in [4.78, 5) is 0. The molecule has 0 aliphatic carbocycles. The summed E-state index contributed by atoms with van der Waals surface area (Å²) in [5.41, 5.74) is 7.22. The zero-order valence-electron chi connectivity index (χ0n) is 9.42. The van der Waals surface area contributed by atoms with E-state index in [0.29, 0.717) is 21.9 Å². The maximum atomic E-state index is 9.44. The van der Waals surface area contributed by atoms with E-state index in [0.717, 1.165) is 18.4 Å². The highest BCUT2D eigenvalue weighted by Crippen LogP contribution is 2.34. The highest BCUT2D eigenvalue weighted by Gasteiger charge is 2.09. The van der Waals surface area contributed by atoms with Gasteiger partial charge in [0.2, 0.25) is 10.5 Å². The van der Waals surface area contributed by atoms with Crippen molar-refractivity contribution < 1.29 is 9.53 Å². The van der Waals surface area contributed by atoms with Crippen molar-refractivity contribution in [3.63, 3.8) is 0 Å². The fourth-order valence-corrected chi connectivity index (χ4v) is 2.12. The molecule has 0 radical (unpaired) electrons. The molecule has 0 saturated carbocycles. The van der Waals surface area contributed by atoms with Gasteiger partial charge in [-0.2, -0.15) is 0 Å². The zero-order valence-corrected chi connectivity index (χ0v) is 11.4. The molecule has 4 heteroatoms. The molecule has 0 aromatic heterocycles. The monoisotopic (exact) mass is 225 g/mol. The number of phenolic OH excluding ortho intramolecular Hbond substituents is 1. The van der Waals surface area contributed by atoms with E-state index in [4.69, 9.17) is 10.2 Å². The normalized spacial score (nSPS) is 10.5. The van der Waals surface area contributed by atoms with E-state index in [2.05, 4.69) is 6.92 Å². The molecule has 0 saturated heterocycles. The molecule has 0 aliphatic rings. The molecule has 15 heavy (non-hydrogen) atoms. The van der Waals surface area contributed by atoms with Crippen molar-refractivity contribution in [3.05, 3.63) is 17.7 Å². The van der Waals surface area contributed by atoms with Gasteiger partial charge in [0.05, 0.1) is 0 Å². The van der Waals surface area contributed by atoms with Crippen molar-refractivity contribution in [1.82, 2.24) is 0 Å². The molecule has 84 valence electrons. The van der Waals surface area contributed by atoms with Crippen molar-refractivity contribution in [2.24, 2.45) is 0 Å². The van der Waals surface area contributed by atoms with Gasteiger partial charge < -0.3 is 15.3 Å². The second-order valence-corrected chi connectivity index (χ2v) is 4.06. The topological polar surface area (TPSA) is 55.5 Å². The summed E-state index contributed by atoms with van der Waals surface area (Å²) >= 11 is 0. The molecule has 0 atom stereocenters. The predicted molar refractivity (Wildman–Crippen MR) is 66.3 cm³/mol. The van der Waals surface area contributed by atoms with Crippen LogP contribution in [0.2, 0.25) is 0 Å². The van der Waals surface area contributed by atoms with E-state index >= 15 is 0 Å². The SMILES string of the molecule is CCCCCc1ccc(O)c(N)c1O[SiH3]. The molecule has 0 heterocycles. The first-order valence-corrected chi connectivity index (χ1v) is 6.16. The number of benzene rings is 1. The third-order valence-corrected chi connectivity index (χ3v) is 2.92. The number of nitrogen functional groups attached to an aromatic ring is 1. The summed E-state index contributed by atoms with van der Waals surface area (Å²) in [6, 6.07) is 3.54. The minimum atomic E-state index is 0.111. The molecular formula is C11H19NO2Si. The van der Waals surface area contributed by atoms with Crippen LogP contribution < -0.4 is 10.2 Å². The van der Waals surface area contributed by atoms with E-state index < -0.39 is 0 Å². The van der Waals surface area contributed by atoms with Gasteiger partial charge in [-0.05, 0) is 24.5 Å². The second-order valence-electron chi connectivity index (χ2n) is 3.65. The lowest BCUT2D eigenvalue weighted by Gasteiger charge is -2.12. The number of aryl methyl sites for hydroxylation is 1. The lowest BCUT2D eigenvalue weighted by atomic mass is 10.0. The molecule has 0 spiro atoms. The Balaban J connectivity index is 2.83. The van der Waals surface area contributed by atoms with Crippen molar-refractivity contribution in [1.29, 1.82) is 0 Å². The maximum absolute atomic E-state index is 9.44. The summed E-state index contributed by atoms with van der Waals surface area (Å²) in [6.07, 6.45) is 4.51. The van der Waals surface area contributed by atoms with Crippen LogP contribution in [0.4, 0.5) is 5.69 Å².